The zero-order valence-electron chi connectivity index (χ0n) is 19.3. The largest absolute Gasteiger partial charge is 0.440 e. The van der Waals surface area contributed by atoms with Gasteiger partial charge in [-0.25, -0.2) is 4.39 Å². The van der Waals surface area contributed by atoms with Crippen LogP contribution in [0.15, 0.2) is 44.0 Å². The molecule has 1 aliphatic heterocycles. The summed E-state index contributed by atoms with van der Waals surface area (Å²) in [4.78, 5) is 15.5. The van der Waals surface area contributed by atoms with Gasteiger partial charge in [-0.3, -0.25) is 4.79 Å². The molecule has 0 radical (unpaired) electrons. The van der Waals surface area contributed by atoms with Crippen LogP contribution in [-0.4, -0.2) is 13.1 Å². The lowest BCUT2D eigenvalue weighted by atomic mass is 9.82. The maximum absolute atomic E-state index is 14.4. The second kappa shape index (κ2) is 8.54. The number of nitrogens with zero attached hydrogens (tertiary/aromatic N) is 1. The first-order valence-corrected chi connectivity index (χ1v) is 11.9. The number of benzene rings is 2. The summed E-state index contributed by atoms with van der Waals surface area (Å²) in [5.74, 6) is 0.319. The van der Waals surface area contributed by atoms with Crippen LogP contribution in [-0.2, 0) is 0 Å². The average molecular weight is 501 g/mol. The van der Waals surface area contributed by atoms with Crippen LogP contribution < -0.4 is 15.6 Å². The molecule has 32 heavy (non-hydrogen) atoms. The molecule has 6 heteroatoms. The van der Waals surface area contributed by atoms with Crippen molar-refractivity contribution in [3.05, 3.63) is 67.5 Å². The predicted octanol–water partition coefficient (Wildman–Crippen LogP) is 7.11. The fourth-order valence-electron chi connectivity index (χ4n) is 4.42. The van der Waals surface area contributed by atoms with Crippen LogP contribution in [0.4, 0.5) is 16.0 Å². The maximum Gasteiger partial charge on any atom is 0.202 e. The number of hydrogen-bond acceptors (Lipinski definition) is 4. The van der Waals surface area contributed by atoms with Gasteiger partial charge in [0.1, 0.15) is 11.4 Å². The van der Waals surface area contributed by atoms with Gasteiger partial charge in [-0.15, -0.1) is 0 Å². The normalized spacial score (nSPS) is 16.9. The van der Waals surface area contributed by atoms with Crippen molar-refractivity contribution < 1.29 is 8.81 Å². The van der Waals surface area contributed by atoms with Gasteiger partial charge in [0, 0.05) is 23.1 Å². The molecular formula is C26H30BrFN2O2. The van der Waals surface area contributed by atoms with E-state index in [9.17, 15) is 9.18 Å². The van der Waals surface area contributed by atoms with Crippen LogP contribution in [0, 0.1) is 25.1 Å². The standard InChI is InChI=1S/C26H30BrFN2O2/c1-15-13-18(17(3)29-22-20(27)7-6-8-21(22)28)24-19(14-15)23(31)16(2)25(32-24)30-11-9-26(4,5)10-12-30/h6-8,13-14,17,29H,9-12H2,1-5H3/t17-/m1/s1. The lowest BCUT2D eigenvalue weighted by Gasteiger charge is -2.37. The van der Waals surface area contributed by atoms with E-state index in [0.29, 0.717) is 38.0 Å². The van der Waals surface area contributed by atoms with Crippen molar-refractivity contribution in [2.45, 2.75) is 53.5 Å². The Bertz CT molecular complexity index is 1200. The minimum Gasteiger partial charge on any atom is -0.440 e. The summed E-state index contributed by atoms with van der Waals surface area (Å²) >= 11 is 3.42. The van der Waals surface area contributed by atoms with Crippen LogP contribution >= 0.6 is 15.9 Å². The summed E-state index contributed by atoms with van der Waals surface area (Å²) in [5.41, 5.74) is 3.71. The van der Waals surface area contributed by atoms with Crippen molar-refractivity contribution in [3.63, 3.8) is 0 Å². The second-order valence-electron chi connectivity index (χ2n) is 9.71. The van der Waals surface area contributed by atoms with Gasteiger partial charge in [0.25, 0.3) is 0 Å². The van der Waals surface area contributed by atoms with Crippen LogP contribution in [0.3, 0.4) is 0 Å². The lowest BCUT2D eigenvalue weighted by molar-refractivity contribution is 0.274. The number of fused-ring (bicyclic) bond motifs is 1. The Hall–Kier alpha value is -2.34. The highest BCUT2D eigenvalue weighted by molar-refractivity contribution is 9.10. The molecule has 1 saturated heterocycles. The Kier molecular flexibility index (Phi) is 6.10. The van der Waals surface area contributed by atoms with Crippen LogP contribution in [0.1, 0.15) is 56.3 Å². The number of piperidine rings is 1. The number of rotatable bonds is 4. The van der Waals surface area contributed by atoms with Crippen molar-refractivity contribution in [1.82, 2.24) is 0 Å². The minimum atomic E-state index is -0.336. The van der Waals surface area contributed by atoms with E-state index in [1.165, 1.54) is 6.07 Å². The molecule has 0 amide bonds. The summed E-state index contributed by atoms with van der Waals surface area (Å²) in [6, 6.07) is 8.50. The Balaban J connectivity index is 1.81. The molecular weight excluding hydrogens is 471 g/mol. The van der Waals surface area contributed by atoms with E-state index in [1.807, 2.05) is 32.9 Å². The number of hydrogen-bond donors (Lipinski definition) is 1. The molecule has 0 aliphatic carbocycles. The molecule has 0 saturated carbocycles. The smallest absolute Gasteiger partial charge is 0.202 e. The molecule has 1 N–H and O–H groups in total. The molecule has 0 bridgehead atoms. The first kappa shape index (κ1) is 22.8. The van der Waals surface area contributed by atoms with E-state index in [-0.39, 0.29) is 17.3 Å². The Morgan fingerprint density at radius 1 is 1.19 bits per heavy atom. The molecule has 0 spiro atoms. The number of anilines is 2. The van der Waals surface area contributed by atoms with Crippen molar-refractivity contribution >= 4 is 38.5 Å². The molecule has 0 unspecified atom stereocenters. The Morgan fingerprint density at radius 2 is 1.88 bits per heavy atom. The Labute approximate surface area is 196 Å². The third kappa shape index (κ3) is 4.29. The highest BCUT2D eigenvalue weighted by atomic mass is 79.9. The number of nitrogens with one attached hydrogen (secondary N) is 1. The number of aryl methyl sites for hydroxylation is 1. The molecule has 2 heterocycles. The average Bonchev–Trinajstić information content (AvgIpc) is 2.73. The Morgan fingerprint density at radius 3 is 2.53 bits per heavy atom. The number of halogens is 2. The monoisotopic (exact) mass is 500 g/mol. The van der Waals surface area contributed by atoms with E-state index in [1.54, 1.807) is 12.1 Å². The molecule has 4 rings (SSSR count). The molecule has 2 aromatic carbocycles. The van der Waals surface area contributed by atoms with Crippen molar-refractivity contribution in [1.29, 1.82) is 0 Å². The molecule has 3 aromatic rings. The summed E-state index contributed by atoms with van der Waals surface area (Å²) in [5, 5.41) is 3.83. The lowest BCUT2D eigenvalue weighted by Crippen LogP contribution is -2.38. The SMILES string of the molecule is Cc1cc([C@@H](C)Nc2c(F)cccc2Br)c2oc(N3CCC(C)(C)CC3)c(C)c(=O)c2c1. The summed E-state index contributed by atoms with van der Waals surface area (Å²) in [6.07, 6.45) is 2.10. The zero-order valence-corrected chi connectivity index (χ0v) is 20.9. The third-order valence-corrected chi connectivity index (χ3v) is 7.22. The maximum atomic E-state index is 14.4. The topological polar surface area (TPSA) is 45.5 Å². The first-order chi connectivity index (χ1) is 15.1. The van der Waals surface area contributed by atoms with Crippen LogP contribution in [0.5, 0.6) is 0 Å². The van der Waals surface area contributed by atoms with Crippen molar-refractivity contribution in [2.75, 3.05) is 23.3 Å². The fraction of sp³-hybridized carbons (Fsp3) is 0.423. The van der Waals surface area contributed by atoms with Gasteiger partial charge < -0.3 is 14.6 Å². The second-order valence-corrected chi connectivity index (χ2v) is 10.6. The highest BCUT2D eigenvalue weighted by Gasteiger charge is 2.29. The third-order valence-electron chi connectivity index (χ3n) is 6.56. The molecule has 1 aliphatic rings. The van der Waals surface area contributed by atoms with Gasteiger partial charge >= 0.3 is 0 Å². The molecule has 1 fully saturated rings. The van der Waals surface area contributed by atoms with Gasteiger partial charge in [0.05, 0.1) is 22.7 Å². The van der Waals surface area contributed by atoms with Crippen molar-refractivity contribution in [2.24, 2.45) is 5.41 Å². The minimum absolute atomic E-state index is 0.00435. The molecule has 4 nitrogen and oxygen atoms in total. The summed E-state index contributed by atoms with van der Waals surface area (Å²) in [7, 11) is 0. The van der Waals surface area contributed by atoms with E-state index >= 15 is 0 Å². The van der Waals surface area contributed by atoms with Crippen molar-refractivity contribution in [3.8, 4) is 0 Å². The quantitative estimate of drug-likeness (QED) is 0.414. The molecule has 170 valence electrons. The number of para-hydroxylation sites is 1. The summed E-state index contributed by atoms with van der Waals surface area (Å²) in [6.45, 7) is 12.0. The van der Waals surface area contributed by atoms with Gasteiger partial charge in [0.2, 0.25) is 5.88 Å². The van der Waals surface area contributed by atoms with Gasteiger partial charge in [-0.2, -0.15) is 0 Å². The van der Waals surface area contributed by atoms with Crippen LogP contribution in [0.25, 0.3) is 11.0 Å². The molecule has 1 atom stereocenters. The van der Waals surface area contributed by atoms with E-state index in [2.05, 4.69) is 40.0 Å². The van der Waals surface area contributed by atoms with E-state index in [4.69, 9.17) is 4.42 Å². The predicted molar refractivity (Wildman–Crippen MR) is 133 cm³/mol. The molecule has 1 aromatic heterocycles. The van der Waals surface area contributed by atoms with E-state index in [0.717, 1.165) is 37.1 Å². The zero-order chi connectivity index (χ0) is 23.2. The van der Waals surface area contributed by atoms with E-state index < -0.39 is 0 Å². The van der Waals surface area contributed by atoms with Gasteiger partial charge in [-0.1, -0.05) is 26.0 Å². The fourth-order valence-corrected chi connectivity index (χ4v) is 4.88. The highest BCUT2D eigenvalue weighted by Crippen LogP contribution is 2.36. The van der Waals surface area contributed by atoms with Gasteiger partial charge in [-0.05, 0) is 78.7 Å². The summed E-state index contributed by atoms with van der Waals surface area (Å²) < 4.78 is 21.5. The van der Waals surface area contributed by atoms with Gasteiger partial charge in [0.15, 0.2) is 5.43 Å². The first-order valence-electron chi connectivity index (χ1n) is 11.1. The van der Waals surface area contributed by atoms with Crippen LogP contribution in [0.2, 0.25) is 0 Å².